The predicted molar refractivity (Wildman–Crippen MR) is 99.4 cm³/mol. The highest BCUT2D eigenvalue weighted by Gasteiger charge is 2.18. The van der Waals surface area contributed by atoms with Crippen molar-refractivity contribution in [2.45, 2.75) is 20.0 Å². The van der Waals surface area contributed by atoms with Crippen LogP contribution in [0, 0.1) is 0 Å². The van der Waals surface area contributed by atoms with Gasteiger partial charge in [-0.2, -0.15) is 0 Å². The summed E-state index contributed by atoms with van der Waals surface area (Å²) >= 11 is 7.92. The van der Waals surface area contributed by atoms with Gasteiger partial charge in [0.25, 0.3) is 0 Å². The molecule has 0 atom stereocenters. The third-order valence-electron chi connectivity index (χ3n) is 2.89. The van der Waals surface area contributed by atoms with Gasteiger partial charge in [-0.05, 0) is 60.7 Å². The fraction of sp³-hybridized carbons (Fsp3) is 0.167. The second-order valence-electron chi connectivity index (χ2n) is 5.01. The molecule has 0 bridgehead atoms. The molecule has 0 saturated heterocycles. The summed E-state index contributed by atoms with van der Waals surface area (Å²) in [6, 6.07) is 16.5. The quantitative estimate of drug-likeness (QED) is 0.263. The van der Waals surface area contributed by atoms with Crippen molar-refractivity contribution < 1.29 is 9.53 Å². The van der Waals surface area contributed by atoms with E-state index in [1.165, 1.54) is 0 Å². The maximum Gasteiger partial charge on any atom is 0.202 e. The summed E-state index contributed by atoms with van der Waals surface area (Å²) in [4.78, 5) is 12.7. The molecule has 0 spiro atoms. The van der Waals surface area contributed by atoms with Gasteiger partial charge in [0.2, 0.25) is 5.78 Å². The molecule has 0 aromatic heterocycles. The monoisotopic (exact) mass is 426 g/mol. The van der Waals surface area contributed by atoms with Crippen molar-refractivity contribution in [2.24, 2.45) is 0 Å². The van der Waals surface area contributed by atoms with E-state index in [2.05, 4.69) is 22.6 Å². The molecule has 0 radical (unpaired) electrons. The lowest BCUT2D eigenvalue weighted by Gasteiger charge is -2.16. The van der Waals surface area contributed by atoms with Crippen LogP contribution in [0.25, 0.3) is 5.76 Å². The van der Waals surface area contributed by atoms with E-state index in [1.54, 1.807) is 24.3 Å². The molecule has 0 aliphatic heterocycles. The summed E-state index contributed by atoms with van der Waals surface area (Å²) in [6.45, 7) is 3.89. The molecule has 114 valence electrons. The lowest BCUT2D eigenvalue weighted by molar-refractivity contribution is 0.104. The summed E-state index contributed by atoms with van der Waals surface area (Å²) in [6.07, 6.45) is -0.0158. The van der Waals surface area contributed by atoms with Gasteiger partial charge in [0, 0.05) is 16.1 Å². The molecule has 0 heterocycles. The zero-order chi connectivity index (χ0) is 16.1. The highest BCUT2D eigenvalue weighted by Crippen LogP contribution is 2.29. The summed E-state index contributed by atoms with van der Waals surface area (Å²) in [5, 5.41) is 0.609. The number of hydrogen-bond acceptors (Lipinski definition) is 2. The van der Waals surface area contributed by atoms with Gasteiger partial charge in [-0.3, -0.25) is 4.79 Å². The van der Waals surface area contributed by atoms with Gasteiger partial charge in [0.1, 0.15) is 9.34 Å². The Balaban J connectivity index is 2.44. The minimum absolute atomic E-state index is 0.0158. The van der Waals surface area contributed by atoms with Crippen molar-refractivity contribution in [1.29, 1.82) is 0 Å². The van der Waals surface area contributed by atoms with Gasteiger partial charge in [-0.1, -0.05) is 41.9 Å². The van der Waals surface area contributed by atoms with E-state index in [-0.39, 0.29) is 11.9 Å². The number of hydrogen-bond donors (Lipinski definition) is 0. The number of ether oxygens (including phenoxy) is 1. The Labute approximate surface area is 149 Å². The minimum Gasteiger partial charge on any atom is -0.489 e. The number of allylic oxidation sites excluding steroid dienone is 1. The van der Waals surface area contributed by atoms with E-state index in [1.807, 2.05) is 44.2 Å². The van der Waals surface area contributed by atoms with Crippen LogP contribution in [0.3, 0.4) is 0 Å². The number of Topliss-reactive ketones (excluding diaryl/α,β-unsaturated/α-hetero) is 1. The van der Waals surface area contributed by atoms with E-state index >= 15 is 0 Å². The van der Waals surface area contributed by atoms with E-state index < -0.39 is 0 Å². The fourth-order valence-corrected chi connectivity index (χ4v) is 2.78. The van der Waals surface area contributed by atoms with Gasteiger partial charge in [-0.25, -0.2) is 0 Å². The number of benzene rings is 2. The van der Waals surface area contributed by atoms with Crippen molar-refractivity contribution in [2.75, 3.05) is 0 Å². The number of ketones is 1. The lowest BCUT2D eigenvalue weighted by atomic mass is 10.1. The SMILES string of the molecule is CC(C)O/C(=C(\I)C(=O)c1ccc(Cl)cc1)c1ccccc1. The van der Waals surface area contributed by atoms with Crippen LogP contribution in [0.15, 0.2) is 58.2 Å². The fourth-order valence-electron chi connectivity index (χ4n) is 1.90. The van der Waals surface area contributed by atoms with Gasteiger partial charge >= 0.3 is 0 Å². The van der Waals surface area contributed by atoms with Crippen molar-refractivity contribution in [3.63, 3.8) is 0 Å². The standard InChI is InChI=1S/C18H16ClIO2/c1-12(2)22-18(14-6-4-3-5-7-14)16(20)17(21)13-8-10-15(19)11-9-13/h3-12H,1-2H3/b18-16-. The third kappa shape index (κ3) is 4.34. The number of rotatable bonds is 5. The molecule has 0 aliphatic carbocycles. The van der Waals surface area contributed by atoms with Crippen molar-refractivity contribution in [1.82, 2.24) is 0 Å². The number of carbonyl (C=O) groups is 1. The second kappa shape index (κ2) is 7.79. The Morgan fingerprint density at radius 2 is 1.59 bits per heavy atom. The van der Waals surface area contributed by atoms with Gasteiger partial charge in [0.15, 0.2) is 0 Å². The topological polar surface area (TPSA) is 26.3 Å². The first-order chi connectivity index (χ1) is 10.5. The van der Waals surface area contributed by atoms with Crippen molar-refractivity contribution >= 4 is 45.7 Å². The Morgan fingerprint density at radius 3 is 2.14 bits per heavy atom. The third-order valence-corrected chi connectivity index (χ3v) is 4.13. The average molecular weight is 427 g/mol. The molecule has 2 rings (SSSR count). The minimum atomic E-state index is -0.0724. The summed E-state index contributed by atoms with van der Waals surface area (Å²) < 4.78 is 6.45. The Bertz CT molecular complexity index is 676. The highest BCUT2D eigenvalue weighted by molar-refractivity contribution is 14.1. The Kier molecular flexibility index (Phi) is 6.03. The maximum atomic E-state index is 12.7. The Morgan fingerprint density at radius 1 is 1.00 bits per heavy atom. The van der Waals surface area contributed by atoms with Crippen LogP contribution in [0.2, 0.25) is 5.02 Å². The lowest BCUT2D eigenvalue weighted by Crippen LogP contribution is -2.08. The molecule has 2 nitrogen and oxygen atoms in total. The van der Waals surface area contributed by atoms with E-state index in [0.29, 0.717) is 19.9 Å². The molecule has 0 N–H and O–H groups in total. The van der Waals surface area contributed by atoms with Crippen LogP contribution >= 0.6 is 34.2 Å². The highest BCUT2D eigenvalue weighted by atomic mass is 127. The van der Waals surface area contributed by atoms with Crippen LogP contribution in [0.1, 0.15) is 29.8 Å². The second-order valence-corrected chi connectivity index (χ2v) is 6.53. The van der Waals surface area contributed by atoms with E-state index in [9.17, 15) is 4.79 Å². The largest absolute Gasteiger partial charge is 0.489 e. The molecule has 0 saturated carbocycles. The molecule has 0 amide bonds. The number of halogens is 2. The van der Waals surface area contributed by atoms with Crippen LogP contribution in [-0.2, 0) is 4.74 Å². The first-order valence-corrected chi connectivity index (χ1v) is 8.37. The van der Waals surface area contributed by atoms with Gasteiger partial charge in [-0.15, -0.1) is 0 Å². The molecule has 0 fully saturated rings. The molecular weight excluding hydrogens is 411 g/mol. The van der Waals surface area contributed by atoms with Crippen molar-refractivity contribution in [3.05, 3.63) is 74.3 Å². The van der Waals surface area contributed by atoms with Gasteiger partial charge < -0.3 is 4.74 Å². The Hall–Kier alpha value is -1.33. The first kappa shape index (κ1) is 17.0. The maximum absolute atomic E-state index is 12.7. The molecule has 2 aromatic rings. The summed E-state index contributed by atoms with van der Waals surface area (Å²) in [7, 11) is 0. The van der Waals surface area contributed by atoms with Crippen molar-refractivity contribution in [3.8, 4) is 0 Å². The van der Waals surface area contributed by atoms with Crippen LogP contribution in [0.5, 0.6) is 0 Å². The van der Waals surface area contributed by atoms with Crippen LogP contribution in [-0.4, -0.2) is 11.9 Å². The average Bonchev–Trinajstić information content (AvgIpc) is 2.52. The molecule has 4 heteroatoms. The molecule has 2 aromatic carbocycles. The first-order valence-electron chi connectivity index (χ1n) is 6.91. The smallest absolute Gasteiger partial charge is 0.202 e. The zero-order valence-corrected chi connectivity index (χ0v) is 15.3. The zero-order valence-electron chi connectivity index (χ0n) is 12.3. The van der Waals surface area contributed by atoms with E-state index in [4.69, 9.17) is 16.3 Å². The van der Waals surface area contributed by atoms with E-state index in [0.717, 1.165) is 5.56 Å². The number of carbonyl (C=O) groups excluding carboxylic acids is 1. The summed E-state index contributed by atoms with van der Waals surface area (Å²) in [5.74, 6) is 0.535. The van der Waals surface area contributed by atoms with Gasteiger partial charge in [0.05, 0.1) is 6.10 Å². The molecule has 22 heavy (non-hydrogen) atoms. The molecule has 0 unspecified atom stereocenters. The molecular formula is C18H16ClIO2. The van der Waals surface area contributed by atoms with Crippen LogP contribution in [0.4, 0.5) is 0 Å². The predicted octanol–water partition coefficient (Wildman–Crippen LogP) is 5.75. The normalized spacial score (nSPS) is 12.0. The van der Waals surface area contributed by atoms with Crippen LogP contribution < -0.4 is 0 Å². The molecule has 0 aliphatic rings. The summed E-state index contributed by atoms with van der Waals surface area (Å²) in [5.41, 5.74) is 1.48.